The Morgan fingerprint density at radius 1 is 1.00 bits per heavy atom. The summed E-state index contributed by atoms with van der Waals surface area (Å²) in [6.45, 7) is 21.3. The molecular formula is C14H27N. The van der Waals surface area contributed by atoms with Gasteiger partial charge >= 0.3 is 0 Å². The summed E-state index contributed by atoms with van der Waals surface area (Å²) in [6.07, 6.45) is 4.87. The van der Waals surface area contributed by atoms with E-state index in [0.717, 1.165) is 6.42 Å². The first-order chi connectivity index (χ1) is 6.61. The maximum absolute atomic E-state index is 3.85. The summed E-state index contributed by atoms with van der Waals surface area (Å²) >= 11 is 0. The Balaban J connectivity index is 4.89. The second kappa shape index (κ2) is 4.87. The van der Waals surface area contributed by atoms with Crippen LogP contribution in [0.25, 0.3) is 0 Å². The van der Waals surface area contributed by atoms with E-state index in [1.165, 1.54) is 0 Å². The van der Waals surface area contributed by atoms with Crippen LogP contribution in [0.5, 0.6) is 0 Å². The normalized spacial score (nSPS) is 14.5. The molecule has 0 spiro atoms. The molecular weight excluding hydrogens is 182 g/mol. The van der Waals surface area contributed by atoms with E-state index in [2.05, 4.69) is 59.6 Å². The van der Waals surface area contributed by atoms with E-state index >= 15 is 0 Å². The Morgan fingerprint density at radius 2 is 1.40 bits per heavy atom. The molecule has 0 saturated carbocycles. The van der Waals surface area contributed by atoms with Gasteiger partial charge in [-0.3, -0.25) is 0 Å². The van der Waals surface area contributed by atoms with Crippen molar-refractivity contribution in [1.82, 2.24) is 4.90 Å². The van der Waals surface area contributed by atoms with Crippen LogP contribution in [0.1, 0.15) is 48.0 Å². The Morgan fingerprint density at radius 3 is 1.60 bits per heavy atom. The third-order valence-electron chi connectivity index (χ3n) is 2.59. The number of hydrogen-bond donors (Lipinski definition) is 0. The van der Waals surface area contributed by atoms with Crippen LogP contribution >= 0.6 is 0 Å². The van der Waals surface area contributed by atoms with Crippen molar-refractivity contribution >= 4 is 0 Å². The summed E-state index contributed by atoms with van der Waals surface area (Å²) in [6, 6.07) is 0.451. The van der Waals surface area contributed by atoms with Crippen molar-refractivity contribution in [2.24, 2.45) is 10.8 Å². The van der Waals surface area contributed by atoms with Gasteiger partial charge in [0.15, 0.2) is 0 Å². The fourth-order valence-corrected chi connectivity index (χ4v) is 1.77. The molecule has 0 radical (unpaired) electrons. The lowest BCUT2D eigenvalue weighted by Gasteiger charge is -2.41. The highest BCUT2D eigenvalue weighted by Crippen LogP contribution is 2.34. The van der Waals surface area contributed by atoms with Crippen molar-refractivity contribution in [3.8, 4) is 0 Å². The lowest BCUT2D eigenvalue weighted by atomic mass is 9.76. The molecule has 0 saturated heterocycles. The van der Waals surface area contributed by atoms with Gasteiger partial charge in [-0.2, -0.15) is 0 Å². The van der Waals surface area contributed by atoms with Gasteiger partial charge in [-0.25, -0.2) is 0 Å². The summed E-state index contributed by atoms with van der Waals surface area (Å²) < 4.78 is 0. The van der Waals surface area contributed by atoms with Crippen LogP contribution < -0.4 is 0 Å². The molecule has 1 unspecified atom stereocenters. The lowest BCUT2D eigenvalue weighted by Crippen LogP contribution is -2.40. The zero-order valence-corrected chi connectivity index (χ0v) is 11.3. The van der Waals surface area contributed by atoms with Gasteiger partial charge in [0.25, 0.3) is 0 Å². The maximum Gasteiger partial charge on any atom is 0.0383 e. The van der Waals surface area contributed by atoms with Gasteiger partial charge in [-0.15, -0.1) is 0 Å². The fourth-order valence-electron chi connectivity index (χ4n) is 1.77. The molecule has 0 bridgehead atoms. The van der Waals surface area contributed by atoms with Crippen LogP contribution in [0.2, 0.25) is 0 Å². The first-order valence-electron chi connectivity index (χ1n) is 5.64. The number of nitrogens with zero attached hydrogens (tertiary/aromatic N) is 1. The molecule has 0 amide bonds. The largest absolute Gasteiger partial charge is 0.352 e. The highest BCUT2D eigenvalue weighted by Gasteiger charge is 2.31. The number of hydrogen-bond acceptors (Lipinski definition) is 1. The van der Waals surface area contributed by atoms with Crippen molar-refractivity contribution in [2.45, 2.75) is 54.0 Å². The molecule has 0 aromatic rings. The average molecular weight is 209 g/mol. The van der Waals surface area contributed by atoms with Crippen LogP contribution in [0, 0.1) is 10.8 Å². The van der Waals surface area contributed by atoms with Crippen LogP contribution in [0.3, 0.4) is 0 Å². The van der Waals surface area contributed by atoms with Crippen LogP contribution in [-0.2, 0) is 0 Å². The molecule has 1 atom stereocenters. The SMILES string of the molecule is C=CN(C=C)C(CC(C)(C)C)C(C)(C)C. The monoisotopic (exact) mass is 209 g/mol. The summed E-state index contributed by atoms with van der Waals surface area (Å²) in [5, 5.41) is 0. The Hall–Kier alpha value is -0.720. The van der Waals surface area contributed by atoms with Crippen molar-refractivity contribution < 1.29 is 0 Å². The van der Waals surface area contributed by atoms with E-state index in [9.17, 15) is 0 Å². The summed E-state index contributed by atoms with van der Waals surface area (Å²) in [7, 11) is 0. The summed E-state index contributed by atoms with van der Waals surface area (Å²) in [5.41, 5.74) is 0.553. The topological polar surface area (TPSA) is 3.24 Å². The molecule has 1 heteroatoms. The maximum atomic E-state index is 3.85. The van der Waals surface area contributed by atoms with E-state index in [4.69, 9.17) is 0 Å². The molecule has 0 fully saturated rings. The van der Waals surface area contributed by atoms with E-state index in [0.29, 0.717) is 11.5 Å². The molecule has 0 aromatic carbocycles. The molecule has 88 valence electrons. The van der Waals surface area contributed by atoms with Crippen molar-refractivity contribution in [3.63, 3.8) is 0 Å². The van der Waals surface area contributed by atoms with E-state index in [1.54, 1.807) is 0 Å². The molecule has 0 aliphatic heterocycles. The first kappa shape index (κ1) is 14.3. The molecule has 0 aromatic heterocycles. The van der Waals surface area contributed by atoms with Gasteiger partial charge in [0.1, 0.15) is 0 Å². The van der Waals surface area contributed by atoms with Crippen molar-refractivity contribution in [3.05, 3.63) is 25.6 Å². The molecule has 1 nitrogen and oxygen atoms in total. The summed E-state index contributed by atoms with van der Waals surface area (Å²) in [4.78, 5) is 2.13. The second-order valence-electron chi connectivity index (χ2n) is 6.46. The van der Waals surface area contributed by atoms with Crippen LogP contribution in [-0.4, -0.2) is 10.9 Å². The standard InChI is InChI=1S/C14H27N/c1-9-15(10-2)12(14(6,7)8)11-13(3,4)5/h9-10,12H,1-2,11H2,3-8H3. The minimum Gasteiger partial charge on any atom is -0.352 e. The molecule has 15 heavy (non-hydrogen) atoms. The Labute approximate surface area is 95.9 Å². The highest BCUT2D eigenvalue weighted by atomic mass is 15.1. The van der Waals surface area contributed by atoms with Gasteiger partial charge < -0.3 is 4.90 Å². The van der Waals surface area contributed by atoms with E-state index < -0.39 is 0 Å². The van der Waals surface area contributed by atoms with Gasteiger partial charge in [0.05, 0.1) is 0 Å². The molecule has 0 N–H and O–H groups in total. The highest BCUT2D eigenvalue weighted by molar-refractivity contribution is 4.95. The Kier molecular flexibility index (Phi) is 4.64. The predicted molar refractivity (Wildman–Crippen MR) is 69.5 cm³/mol. The van der Waals surface area contributed by atoms with Crippen molar-refractivity contribution in [1.29, 1.82) is 0 Å². The third-order valence-corrected chi connectivity index (χ3v) is 2.59. The van der Waals surface area contributed by atoms with Gasteiger partial charge in [0.2, 0.25) is 0 Å². The minimum absolute atomic E-state index is 0.232. The summed E-state index contributed by atoms with van der Waals surface area (Å²) in [5.74, 6) is 0. The number of rotatable bonds is 4. The first-order valence-corrected chi connectivity index (χ1v) is 5.64. The fraction of sp³-hybridized carbons (Fsp3) is 0.714. The molecule has 0 aliphatic carbocycles. The van der Waals surface area contributed by atoms with Gasteiger partial charge in [-0.05, 0) is 29.7 Å². The quantitative estimate of drug-likeness (QED) is 0.662. The predicted octanol–water partition coefficient (Wildman–Crippen LogP) is 4.43. The van der Waals surface area contributed by atoms with Crippen LogP contribution in [0.15, 0.2) is 25.6 Å². The second-order valence-corrected chi connectivity index (χ2v) is 6.46. The smallest absolute Gasteiger partial charge is 0.0383 e. The Bertz CT molecular complexity index is 206. The van der Waals surface area contributed by atoms with Gasteiger partial charge in [-0.1, -0.05) is 54.7 Å². The van der Waals surface area contributed by atoms with E-state index in [1.807, 2.05) is 12.4 Å². The lowest BCUT2D eigenvalue weighted by molar-refractivity contribution is 0.134. The third kappa shape index (κ3) is 5.06. The molecule has 0 heterocycles. The van der Waals surface area contributed by atoms with Gasteiger partial charge in [0, 0.05) is 6.04 Å². The van der Waals surface area contributed by atoms with Crippen molar-refractivity contribution in [2.75, 3.05) is 0 Å². The van der Waals surface area contributed by atoms with E-state index in [-0.39, 0.29) is 5.41 Å². The molecule has 0 rings (SSSR count). The molecule has 0 aliphatic rings. The zero-order chi connectivity index (χ0) is 12.3. The van der Waals surface area contributed by atoms with Crippen LogP contribution in [0.4, 0.5) is 0 Å². The average Bonchev–Trinajstić information content (AvgIpc) is 2.01. The minimum atomic E-state index is 0.232. The zero-order valence-electron chi connectivity index (χ0n) is 11.3.